The molecule has 14 rings (SSSR count). The number of benzene rings is 6. The number of hydrogen-bond donors (Lipinski definition) is 0. The molecular formula is C63H50N2OS. The highest BCUT2D eigenvalue weighted by Crippen LogP contribution is 2.72. The first-order valence-electron chi connectivity index (χ1n) is 24.0. The van der Waals surface area contributed by atoms with Crippen molar-refractivity contribution in [3.63, 3.8) is 0 Å². The van der Waals surface area contributed by atoms with Crippen LogP contribution in [0.15, 0.2) is 215 Å². The molecular weight excluding hydrogens is 833 g/mol. The maximum Gasteiger partial charge on any atom is 0.143 e. The quantitative estimate of drug-likeness (QED) is 0.176. The van der Waals surface area contributed by atoms with Gasteiger partial charge in [0.2, 0.25) is 0 Å². The molecule has 0 spiro atoms. The van der Waals surface area contributed by atoms with Crippen molar-refractivity contribution in [2.75, 3.05) is 0 Å². The molecule has 0 bridgehead atoms. The number of fused-ring (bicyclic) bond motifs is 14. The zero-order chi connectivity index (χ0) is 44.8. The van der Waals surface area contributed by atoms with Crippen molar-refractivity contribution in [2.45, 2.75) is 50.5 Å². The smallest absolute Gasteiger partial charge is 0.143 e. The lowest BCUT2D eigenvalue weighted by Crippen LogP contribution is -2.42. The maximum atomic E-state index is 6.42. The summed E-state index contributed by atoms with van der Waals surface area (Å²) in [5.74, 6) is 1.91. The molecule has 0 amide bonds. The van der Waals surface area contributed by atoms with Crippen LogP contribution in [-0.2, 0) is 0 Å². The van der Waals surface area contributed by atoms with Crippen LogP contribution in [-0.4, -0.2) is 14.8 Å². The summed E-state index contributed by atoms with van der Waals surface area (Å²) in [4.78, 5) is 5.67. The van der Waals surface area contributed by atoms with Gasteiger partial charge in [0.25, 0.3) is 0 Å². The van der Waals surface area contributed by atoms with E-state index in [4.69, 9.17) is 9.40 Å². The van der Waals surface area contributed by atoms with Gasteiger partial charge in [0, 0.05) is 49.1 Å². The van der Waals surface area contributed by atoms with Gasteiger partial charge in [-0.05, 0) is 74.4 Å². The number of aromatic nitrogens is 2. The third-order valence-electron chi connectivity index (χ3n) is 16.7. The lowest BCUT2D eigenvalue weighted by molar-refractivity contribution is 0.194. The molecule has 67 heavy (non-hydrogen) atoms. The second-order valence-corrected chi connectivity index (χ2v) is 21.7. The lowest BCUT2D eigenvalue weighted by atomic mass is 9.57. The van der Waals surface area contributed by atoms with Crippen LogP contribution in [0.5, 0.6) is 0 Å². The topological polar surface area (TPSA) is 31.0 Å². The van der Waals surface area contributed by atoms with E-state index in [9.17, 15) is 0 Å². The van der Waals surface area contributed by atoms with Crippen molar-refractivity contribution in [3.05, 3.63) is 233 Å². The van der Waals surface area contributed by atoms with Gasteiger partial charge in [-0.3, -0.25) is 4.57 Å². The van der Waals surface area contributed by atoms with Crippen LogP contribution in [0.3, 0.4) is 0 Å². The van der Waals surface area contributed by atoms with Gasteiger partial charge in [-0.1, -0.05) is 210 Å². The molecule has 6 aliphatic rings. The Balaban J connectivity index is 0.839. The van der Waals surface area contributed by atoms with Crippen molar-refractivity contribution in [1.29, 1.82) is 0 Å². The summed E-state index contributed by atoms with van der Waals surface area (Å²) < 4.78 is 8.93. The molecule has 4 aliphatic carbocycles. The van der Waals surface area contributed by atoms with E-state index in [-0.39, 0.29) is 27.4 Å². The van der Waals surface area contributed by atoms with Crippen LogP contribution in [0.25, 0.3) is 66.1 Å². The minimum absolute atomic E-state index is 0.0904. The van der Waals surface area contributed by atoms with Gasteiger partial charge < -0.3 is 4.42 Å². The van der Waals surface area contributed by atoms with Crippen LogP contribution in [0.1, 0.15) is 67.8 Å². The van der Waals surface area contributed by atoms with E-state index in [1.165, 1.54) is 66.8 Å². The molecule has 0 radical (unpaired) electrons. The Morgan fingerprint density at radius 2 is 1.43 bits per heavy atom. The Morgan fingerprint density at radius 1 is 0.657 bits per heavy atom. The van der Waals surface area contributed by atoms with Gasteiger partial charge in [0.1, 0.15) is 17.0 Å². The first kappa shape index (κ1) is 39.3. The first-order valence-corrected chi connectivity index (χ1v) is 24.9. The first-order chi connectivity index (χ1) is 32.7. The zero-order valence-electron chi connectivity index (χ0n) is 38.2. The summed E-state index contributed by atoms with van der Waals surface area (Å²) in [5, 5.41) is 5.30. The van der Waals surface area contributed by atoms with Crippen molar-refractivity contribution < 1.29 is 4.42 Å². The largest absolute Gasteiger partial charge is 0.455 e. The minimum Gasteiger partial charge on any atom is -0.455 e. The third kappa shape index (κ3) is 5.45. The fourth-order valence-corrected chi connectivity index (χ4v) is 15.0. The molecule has 0 saturated carbocycles. The van der Waals surface area contributed by atoms with E-state index in [2.05, 4.69) is 232 Å². The second-order valence-electron chi connectivity index (χ2n) is 20.5. The molecule has 2 aromatic heterocycles. The van der Waals surface area contributed by atoms with E-state index in [1.54, 1.807) is 0 Å². The average Bonchev–Trinajstić information content (AvgIpc) is 4.01. The summed E-state index contributed by atoms with van der Waals surface area (Å²) in [6, 6.07) is 46.7. The van der Waals surface area contributed by atoms with E-state index >= 15 is 0 Å². The number of thioether (sulfide) groups is 1. The molecule has 7 unspecified atom stereocenters. The number of furan rings is 1. The van der Waals surface area contributed by atoms with Gasteiger partial charge in [0.05, 0.1) is 22.0 Å². The van der Waals surface area contributed by atoms with E-state index in [1.807, 2.05) is 6.07 Å². The average molecular weight is 883 g/mol. The highest BCUT2D eigenvalue weighted by molar-refractivity contribution is 8.00. The summed E-state index contributed by atoms with van der Waals surface area (Å²) in [6.07, 6.45) is 27.6. The summed E-state index contributed by atoms with van der Waals surface area (Å²) in [6.45, 7) is 9.77. The molecule has 3 nitrogen and oxygen atoms in total. The van der Waals surface area contributed by atoms with Gasteiger partial charge >= 0.3 is 0 Å². The van der Waals surface area contributed by atoms with Crippen LogP contribution < -0.4 is 0 Å². The van der Waals surface area contributed by atoms with Crippen LogP contribution in [0, 0.1) is 22.2 Å². The molecule has 1 fully saturated rings. The molecule has 4 heteroatoms. The molecule has 0 N–H and O–H groups in total. The Bertz CT molecular complexity index is 3710. The SMILES string of the molecule is CC1C=CC2=C(C=CC3(C)C2SC2c4nc5c6ccccc6ccc5n4C(c4ccc(C5=C6C=CC=CC6(C)C(c6ccc(-c7cccc8c7oc7ccccc78)cc6)C=C5)cc4)=CC23C)C1. The molecule has 1 saturated heterocycles. The highest BCUT2D eigenvalue weighted by atomic mass is 32.2. The number of hydrogen-bond acceptors (Lipinski definition) is 3. The van der Waals surface area contributed by atoms with Crippen molar-refractivity contribution in [1.82, 2.24) is 9.55 Å². The number of para-hydroxylation sites is 2. The number of nitrogens with zero attached hydrogens (tertiary/aromatic N) is 2. The van der Waals surface area contributed by atoms with Crippen molar-refractivity contribution in [2.24, 2.45) is 22.2 Å². The fourth-order valence-electron chi connectivity index (χ4n) is 12.8. The van der Waals surface area contributed by atoms with E-state index in [0.29, 0.717) is 11.2 Å². The normalized spacial score (nSPS) is 28.0. The Morgan fingerprint density at radius 3 is 2.30 bits per heavy atom. The molecule has 6 aromatic carbocycles. The molecule has 324 valence electrons. The monoisotopic (exact) mass is 882 g/mol. The lowest BCUT2D eigenvalue weighted by Gasteiger charge is -2.46. The minimum atomic E-state index is -0.221. The molecule has 8 aromatic rings. The summed E-state index contributed by atoms with van der Waals surface area (Å²) >= 11 is 2.14. The van der Waals surface area contributed by atoms with Crippen LogP contribution >= 0.6 is 11.8 Å². The predicted octanol–water partition coefficient (Wildman–Crippen LogP) is 16.5. The van der Waals surface area contributed by atoms with Crippen molar-refractivity contribution in [3.8, 4) is 11.1 Å². The van der Waals surface area contributed by atoms with Gasteiger partial charge in [0.15, 0.2) is 0 Å². The Labute approximate surface area is 396 Å². The molecule has 4 heterocycles. The molecule has 2 aliphatic heterocycles. The van der Waals surface area contributed by atoms with Gasteiger partial charge in [-0.25, -0.2) is 4.98 Å². The maximum absolute atomic E-state index is 6.42. The van der Waals surface area contributed by atoms with Crippen LogP contribution in [0.2, 0.25) is 0 Å². The van der Waals surface area contributed by atoms with E-state index in [0.717, 1.165) is 45.0 Å². The highest BCUT2D eigenvalue weighted by Gasteiger charge is 2.63. The Kier molecular flexibility index (Phi) is 8.26. The van der Waals surface area contributed by atoms with Crippen molar-refractivity contribution >= 4 is 66.8 Å². The van der Waals surface area contributed by atoms with Gasteiger partial charge in [-0.2, -0.15) is 0 Å². The third-order valence-corrected chi connectivity index (χ3v) is 18.7. The predicted molar refractivity (Wildman–Crippen MR) is 281 cm³/mol. The number of allylic oxidation sites excluding steroid dienone is 14. The zero-order valence-corrected chi connectivity index (χ0v) is 39.0. The summed E-state index contributed by atoms with van der Waals surface area (Å²) in [5.41, 5.74) is 16.5. The number of imidazole rings is 1. The van der Waals surface area contributed by atoms with Crippen LogP contribution in [0.4, 0.5) is 0 Å². The Hall–Kier alpha value is -6.88. The second kappa shape index (κ2) is 14.1. The number of rotatable bonds is 4. The van der Waals surface area contributed by atoms with Gasteiger partial charge in [-0.15, -0.1) is 11.8 Å². The summed E-state index contributed by atoms with van der Waals surface area (Å²) in [7, 11) is 0. The standard InChI is InChI=1S/C63H50N2OS/c1-38-19-29-48-44(36-38)33-35-62(3)58(48)67-59-60-64-56-46-13-6-5-12-39(46)28-32-53(56)65(60)54(37-63(59,62)4)43-26-22-40(23-27-43)45-30-31-51(61(2)34-10-9-17-52(45)61)42-24-20-41(21-25-42)47-15-11-16-50-49-14-7-8-18-55(49)66-57(47)50/h5-35,37-38,51,58-59H,36H2,1-4H3. The van der Waals surface area contributed by atoms with E-state index < -0.39 is 0 Å². The fraction of sp³-hybridized carbons (Fsp3) is 0.190. The molecule has 7 atom stereocenters.